The SMILES string of the molecule is CNCCC(Cc1ccccc1Cl)c1ccccc1. The van der Waals surface area contributed by atoms with Crippen LogP contribution >= 0.6 is 11.6 Å². The van der Waals surface area contributed by atoms with Crippen molar-refractivity contribution in [3.05, 3.63) is 70.7 Å². The van der Waals surface area contributed by atoms with Crippen molar-refractivity contribution in [2.75, 3.05) is 13.6 Å². The molecule has 0 amide bonds. The molecule has 19 heavy (non-hydrogen) atoms. The van der Waals surface area contributed by atoms with Crippen LogP contribution < -0.4 is 5.32 Å². The summed E-state index contributed by atoms with van der Waals surface area (Å²) in [4.78, 5) is 0. The zero-order valence-electron chi connectivity index (χ0n) is 11.3. The third-order valence-electron chi connectivity index (χ3n) is 3.44. The van der Waals surface area contributed by atoms with Gasteiger partial charge in [-0.05, 0) is 49.5 Å². The molecule has 1 N–H and O–H groups in total. The van der Waals surface area contributed by atoms with E-state index in [-0.39, 0.29) is 0 Å². The van der Waals surface area contributed by atoms with Crippen molar-refractivity contribution in [3.8, 4) is 0 Å². The predicted octanol–water partition coefficient (Wildman–Crippen LogP) is 4.28. The average molecular weight is 274 g/mol. The van der Waals surface area contributed by atoms with E-state index in [0.717, 1.165) is 24.4 Å². The summed E-state index contributed by atoms with van der Waals surface area (Å²) in [6, 6.07) is 18.8. The Hall–Kier alpha value is -1.31. The molecule has 1 unspecified atom stereocenters. The van der Waals surface area contributed by atoms with E-state index >= 15 is 0 Å². The summed E-state index contributed by atoms with van der Waals surface area (Å²) in [5, 5.41) is 4.10. The van der Waals surface area contributed by atoms with Crippen molar-refractivity contribution in [3.63, 3.8) is 0 Å². The first kappa shape index (κ1) is 14.1. The van der Waals surface area contributed by atoms with E-state index in [1.165, 1.54) is 11.1 Å². The minimum atomic E-state index is 0.508. The second-order valence-electron chi connectivity index (χ2n) is 4.80. The minimum absolute atomic E-state index is 0.508. The first-order chi connectivity index (χ1) is 9.31. The van der Waals surface area contributed by atoms with E-state index in [0.29, 0.717) is 5.92 Å². The number of halogens is 1. The second-order valence-corrected chi connectivity index (χ2v) is 5.20. The average Bonchev–Trinajstić information content (AvgIpc) is 2.46. The van der Waals surface area contributed by atoms with E-state index in [2.05, 4.69) is 47.8 Å². The third-order valence-corrected chi connectivity index (χ3v) is 3.81. The Morgan fingerprint density at radius 1 is 1.00 bits per heavy atom. The Kier molecular flexibility index (Phi) is 5.44. The van der Waals surface area contributed by atoms with Gasteiger partial charge in [-0.25, -0.2) is 0 Å². The molecule has 2 aromatic rings. The number of hydrogen-bond acceptors (Lipinski definition) is 1. The molecular weight excluding hydrogens is 254 g/mol. The Labute approximate surface area is 120 Å². The second kappa shape index (κ2) is 7.32. The summed E-state index contributed by atoms with van der Waals surface area (Å²) in [5.74, 6) is 0.508. The highest BCUT2D eigenvalue weighted by molar-refractivity contribution is 6.31. The lowest BCUT2D eigenvalue weighted by Crippen LogP contribution is -2.14. The van der Waals surface area contributed by atoms with Crippen LogP contribution in [-0.4, -0.2) is 13.6 Å². The standard InChI is InChI=1S/C17H20ClN/c1-19-12-11-15(14-7-3-2-4-8-14)13-16-9-5-6-10-17(16)18/h2-10,15,19H,11-13H2,1H3. The normalized spacial score (nSPS) is 12.3. The van der Waals surface area contributed by atoms with Crippen LogP contribution in [0.4, 0.5) is 0 Å². The van der Waals surface area contributed by atoms with Gasteiger partial charge in [0.25, 0.3) is 0 Å². The van der Waals surface area contributed by atoms with E-state index in [4.69, 9.17) is 11.6 Å². The van der Waals surface area contributed by atoms with Crippen LogP contribution in [0.5, 0.6) is 0 Å². The number of benzene rings is 2. The Morgan fingerprint density at radius 2 is 1.68 bits per heavy atom. The van der Waals surface area contributed by atoms with Gasteiger partial charge < -0.3 is 5.32 Å². The molecule has 2 heteroatoms. The zero-order chi connectivity index (χ0) is 13.5. The molecule has 2 rings (SSSR count). The maximum atomic E-state index is 6.27. The highest BCUT2D eigenvalue weighted by atomic mass is 35.5. The molecule has 0 aliphatic carbocycles. The molecular formula is C17H20ClN. The van der Waals surface area contributed by atoms with Gasteiger partial charge in [-0.1, -0.05) is 60.1 Å². The van der Waals surface area contributed by atoms with Gasteiger partial charge in [0.05, 0.1) is 0 Å². The summed E-state index contributed by atoms with van der Waals surface area (Å²) in [5.41, 5.74) is 2.62. The zero-order valence-corrected chi connectivity index (χ0v) is 12.0. The molecule has 0 heterocycles. The first-order valence-electron chi connectivity index (χ1n) is 6.74. The highest BCUT2D eigenvalue weighted by Crippen LogP contribution is 2.27. The molecule has 0 aliphatic rings. The number of nitrogens with one attached hydrogen (secondary N) is 1. The van der Waals surface area contributed by atoms with Crippen LogP contribution in [0.2, 0.25) is 5.02 Å². The highest BCUT2D eigenvalue weighted by Gasteiger charge is 2.13. The molecule has 0 aromatic heterocycles. The van der Waals surface area contributed by atoms with Gasteiger partial charge in [0.2, 0.25) is 0 Å². The van der Waals surface area contributed by atoms with Gasteiger partial charge >= 0.3 is 0 Å². The van der Waals surface area contributed by atoms with E-state index in [9.17, 15) is 0 Å². The van der Waals surface area contributed by atoms with Gasteiger partial charge in [-0.15, -0.1) is 0 Å². The molecule has 100 valence electrons. The number of hydrogen-bond donors (Lipinski definition) is 1. The van der Waals surface area contributed by atoms with E-state index in [1.807, 2.05) is 19.2 Å². The van der Waals surface area contributed by atoms with Crippen molar-refractivity contribution < 1.29 is 0 Å². The van der Waals surface area contributed by atoms with Crippen LogP contribution in [0.3, 0.4) is 0 Å². The van der Waals surface area contributed by atoms with Crippen molar-refractivity contribution in [1.29, 1.82) is 0 Å². The Morgan fingerprint density at radius 3 is 2.37 bits per heavy atom. The quantitative estimate of drug-likeness (QED) is 0.829. The minimum Gasteiger partial charge on any atom is -0.320 e. The van der Waals surface area contributed by atoms with E-state index in [1.54, 1.807) is 0 Å². The molecule has 0 bridgehead atoms. The van der Waals surface area contributed by atoms with Crippen LogP contribution in [0.15, 0.2) is 54.6 Å². The van der Waals surface area contributed by atoms with Gasteiger partial charge in [0.1, 0.15) is 0 Å². The van der Waals surface area contributed by atoms with Gasteiger partial charge in [-0.2, -0.15) is 0 Å². The van der Waals surface area contributed by atoms with Gasteiger partial charge in [-0.3, -0.25) is 0 Å². The maximum Gasteiger partial charge on any atom is 0.0438 e. The Balaban J connectivity index is 2.17. The summed E-state index contributed by atoms with van der Waals surface area (Å²) in [7, 11) is 2.00. The maximum absolute atomic E-state index is 6.27. The molecule has 0 spiro atoms. The van der Waals surface area contributed by atoms with Crippen molar-refractivity contribution in [1.82, 2.24) is 5.32 Å². The molecule has 1 atom stereocenters. The fourth-order valence-electron chi connectivity index (χ4n) is 2.36. The van der Waals surface area contributed by atoms with Gasteiger partial charge in [0, 0.05) is 5.02 Å². The van der Waals surface area contributed by atoms with Crippen molar-refractivity contribution in [2.24, 2.45) is 0 Å². The number of rotatable bonds is 6. The topological polar surface area (TPSA) is 12.0 Å². The summed E-state index contributed by atoms with van der Waals surface area (Å²) in [6.45, 7) is 1.02. The molecule has 0 radical (unpaired) electrons. The third kappa shape index (κ3) is 4.09. The molecule has 0 fully saturated rings. The van der Waals surface area contributed by atoms with Gasteiger partial charge in [0.15, 0.2) is 0 Å². The smallest absolute Gasteiger partial charge is 0.0438 e. The largest absolute Gasteiger partial charge is 0.320 e. The summed E-state index contributed by atoms with van der Waals surface area (Å²) in [6.07, 6.45) is 2.11. The van der Waals surface area contributed by atoms with Crippen molar-refractivity contribution >= 4 is 11.6 Å². The first-order valence-corrected chi connectivity index (χ1v) is 7.12. The molecule has 0 saturated carbocycles. The van der Waals surface area contributed by atoms with Crippen LogP contribution in [-0.2, 0) is 6.42 Å². The fourth-order valence-corrected chi connectivity index (χ4v) is 2.57. The molecule has 1 nitrogen and oxygen atoms in total. The summed E-state index contributed by atoms with van der Waals surface area (Å²) < 4.78 is 0. The fraction of sp³-hybridized carbons (Fsp3) is 0.294. The van der Waals surface area contributed by atoms with Crippen molar-refractivity contribution in [2.45, 2.75) is 18.8 Å². The molecule has 0 aliphatic heterocycles. The summed E-state index contributed by atoms with van der Waals surface area (Å²) >= 11 is 6.27. The molecule has 2 aromatic carbocycles. The van der Waals surface area contributed by atoms with Crippen LogP contribution in [0.25, 0.3) is 0 Å². The van der Waals surface area contributed by atoms with Crippen LogP contribution in [0.1, 0.15) is 23.5 Å². The lowest BCUT2D eigenvalue weighted by Gasteiger charge is -2.18. The lowest BCUT2D eigenvalue weighted by atomic mass is 9.89. The lowest BCUT2D eigenvalue weighted by molar-refractivity contribution is 0.593. The Bertz CT molecular complexity index is 496. The van der Waals surface area contributed by atoms with E-state index < -0.39 is 0 Å². The monoisotopic (exact) mass is 273 g/mol. The molecule has 0 saturated heterocycles. The predicted molar refractivity (Wildman–Crippen MR) is 82.9 cm³/mol. The van der Waals surface area contributed by atoms with Crippen LogP contribution in [0, 0.1) is 0 Å².